The summed E-state index contributed by atoms with van der Waals surface area (Å²) in [5.41, 5.74) is 8.56. The zero-order valence-electron chi connectivity index (χ0n) is 12.3. The summed E-state index contributed by atoms with van der Waals surface area (Å²) in [6.45, 7) is 4.30. The Hall–Kier alpha value is -1.23. The van der Waals surface area contributed by atoms with Crippen LogP contribution in [0.3, 0.4) is 0 Å². The molecular weight excluding hydrogens is 283 g/mol. The van der Waals surface area contributed by atoms with Crippen molar-refractivity contribution in [2.24, 2.45) is 5.73 Å². The Morgan fingerprint density at radius 3 is 3.10 bits per heavy atom. The van der Waals surface area contributed by atoms with Gasteiger partial charge in [0.25, 0.3) is 0 Å². The van der Waals surface area contributed by atoms with E-state index in [0.717, 1.165) is 31.5 Å². The average Bonchev–Trinajstić information content (AvgIpc) is 2.95. The first-order valence-electron chi connectivity index (χ1n) is 7.46. The van der Waals surface area contributed by atoms with Gasteiger partial charge < -0.3 is 5.73 Å². The first-order chi connectivity index (χ1) is 10.1. The largest absolute Gasteiger partial charge is 0.324 e. The molecule has 2 nitrogen and oxygen atoms in total. The molecule has 2 unspecified atom stereocenters. The van der Waals surface area contributed by atoms with Crippen LogP contribution in [0.25, 0.3) is 0 Å². The predicted octanol–water partition coefficient (Wildman–Crippen LogP) is 3.90. The number of nitrogens with two attached hydrogens (primary N) is 1. The van der Waals surface area contributed by atoms with E-state index in [4.69, 9.17) is 5.73 Å². The molecule has 2 aromatic rings. The van der Waals surface area contributed by atoms with Gasteiger partial charge in [0.15, 0.2) is 0 Å². The van der Waals surface area contributed by atoms with E-state index >= 15 is 0 Å². The fourth-order valence-electron chi connectivity index (χ4n) is 3.08. The molecule has 4 heteroatoms. The van der Waals surface area contributed by atoms with Gasteiger partial charge in [0.2, 0.25) is 0 Å². The van der Waals surface area contributed by atoms with Gasteiger partial charge in [-0.25, -0.2) is 4.39 Å². The van der Waals surface area contributed by atoms with Crippen LogP contribution in [0, 0.1) is 5.82 Å². The summed E-state index contributed by atoms with van der Waals surface area (Å²) < 4.78 is 13.2. The van der Waals surface area contributed by atoms with E-state index < -0.39 is 0 Å². The Balaban J connectivity index is 1.61. The number of rotatable bonds is 4. The first kappa shape index (κ1) is 14.7. The molecule has 0 saturated heterocycles. The van der Waals surface area contributed by atoms with E-state index in [-0.39, 0.29) is 11.9 Å². The number of benzene rings is 1. The third-order valence-corrected chi connectivity index (χ3v) is 5.40. The standard InChI is InChI=1S/C17H21FN2S/c1-12-15-7-10-21-17(15)6-9-20(12)8-5-16(19)13-3-2-4-14(18)11-13/h2-4,7,10-12,16H,5-6,8-9,19H2,1H3. The lowest BCUT2D eigenvalue weighted by Crippen LogP contribution is -2.35. The van der Waals surface area contributed by atoms with Gasteiger partial charge in [-0.05, 0) is 54.5 Å². The molecule has 3 rings (SSSR count). The van der Waals surface area contributed by atoms with E-state index in [1.165, 1.54) is 16.5 Å². The molecule has 1 aliphatic rings. The number of fused-ring (bicyclic) bond motifs is 1. The van der Waals surface area contributed by atoms with Crippen molar-refractivity contribution < 1.29 is 4.39 Å². The maximum absolute atomic E-state index is 13.2. The predicted molar refractivity (Wildman–Crippen MR) is 86.0 cm³/mol. The van der Waals surface area contributed by atoms with Gasteiger partial charge in [0.1, 0.15) is 5.82 Å². The van der Waals surface area contributed by atoms with Crippen LogP contribution in [0.1, 0.15) is 41.4 Å². The Kier molecular flexibility index (Phi) is 4.38. The number of hydrogen-bond acceptors (Lipinski definition) is 3. The lowest BCUT2D eigenvalue weighted by molar-refractivity contribution is 0.193. The van der Waals surface area contributed by atoms with Gasteiger partial charge in [0, 0.05) is 30.1 Å². The van der Waals surface area contributed by atoms with Crippen molar-refractivity contribution in [2.75, 3.05) is 13.1 Å². The van der Waals surface area contributed by atoms with Crippen LogP contribution in [0.15, 0.2) is 35.7 Å². The summed E-state index contributed by atoms with van der Waals surface area (Å²) in [7, 11) is 0. The van der Waals surface area contributed by atoms with Crippen LogP contribution in [0.2, 0.25) is 0 Å². The number of nitrogens with zero attached hydrogens (tertiary/aromatic N) is 1. The Labute approximate surface area is 129 Å². The summed E-state index contributed by atoms with van der Waals surface area (Å²) in [5, 5.41) is 2.18. The molecule has 21 heavy (non-hydrogen) atoms. The molecule has 0 spiro atoms. The molecule has 2 heterocycles. The smallest absolute Gasteiger partial charge is 0.123 e. The van der Waals surface area contributed by atoms with Crippen molar-refractivity contribution in [3.8, 4) is 0 Å². The molecule has 1 aromatic carbocycles. The summed E-state index contributed by atoms with van der Waals surface area (Å²) in [6.07, 6.45) is 1.99. The van der Waals surface area contributed by atoms with Gasteiger partial charge in [-0.1, -0.05) is 12.1 Å². The van der Waals surface area contributed by atoms with Crippen molar-refractivity contribution >= 4 is 11.3 Å². The zero-order chi connectivity index (χ0) is 14.8. The average molecular weight is 304 g/mol. The van der Waals surface area contributed by atoms with Gasteiger partial charge in [-0.3, -0.25) is 4.90 Å². The van der Waals surface area contributed by atoms with Crippen molar-refractivity contribution in [3.05, 3.63) is 57.5 Å². The third-order valence-electron chi connectivity index (χ3n) is 4.41. The second-order valence-electron chi connectivity index (χ2n) is 5.71. The summed E-state index contributed by atoms with van der Waals surface area (Å²) in [6, 6.07) is 9.23. The minimum absolute atomic E-state index is 0.100. The summed E-state index contributed by atoms with van der Waals surface area (Å²) in [5.74, 6) is -0.211. The topological polar surface area (TPSA) is 29.3 Å². The maximum Gasteiger partial charge on any atom is 0.123 e. The summed E-state index contributed by atoms with van der Waals surface area (Å²) >= 11 is 1.86. The third kappa shape index (κ3) is 3.18. The molecule has 0 aliphatic carbocycles. The Morgan fingerprint density at radius 2 is 2.29 bits per heavy atom. The van der Waals surface area contributed by atoms with E-state index in [1.807, 2.05) is 17.4 Å². The van der Waals surface area contributed by atoms with Gasteiger partial charge in [0.05, 0.1) is 0 Å². The summed E-state index contributed by atoms with van der Waals surface area (Å²) in [4.78, 5) is 4.00. The van der Waals surface area contributed by atoms with Crippen LogP contribution in [-0.4, -0.2) is 18.0 Å². The van der Waals surface area contributed by atoms with Crippen LogP contribution in [0.5, 0.6) is 0 Å². The number of hydrogen-bond donors (Lipinski definition) is 1. The van der Waals surface area contributed by atoms with Crippen LogP contribution in [-0.2, 0) is 6.42 Å². The minimum Gasteiger partial charge on any atom is -0.324 e. The molecule has 0 bridgehead atoms. The van der Waals surface area contributed by atoms with Crippen molar-refractivity contribution in [1.29, 1.82) is 0 Å². The molecule has 0 fully saturated rings. The Bertz CT molecular complexity index is 610. The molecule has 0 amide bonds. The van der Waals surface area contributed by atoms with Gasteiger partial charge in [-0.2, -0.15) is 0 Å². The molecular formula is C17H21FN2S. The van der Waals surface area contributed by atoms with E-state index in [2.05, 4.69) is 23.3 Å². The monoisotopic (exact) mass is 304 g/mol. The zero-order valence-corrected chi connectivity index (χ0v) is 13.1. The molecule has 1 aliphatic heterocycles. The van der Waals surface area contributed by atoms with E-state index in [9.17, 15) is 4.39 Å². The lowest BCUT2D eigenvalue weighted by Gasteiger charge is -2.34. The minimum atomic E-state index is -0.211. The highest BCUT2D eigenvalue weighted by Gasteiger charge is 2.24. The fourth-order valence-corrected chi connectivity index (χ4v) is 4.04. The quantitative estimate of drug-likeness (QED) is 0.928. The molecule has 1 aromatic heterocycles. The highest BCUT2D eigenvalue weighted by atomic mass is 32.1. The second kappa shape index (κ2) is 6.26. The van der Waals surface area contributed by atoms with E-state index in [1.54, 1.807) is 12.1 Å². The molecule has 0 saturated carbocycles. The molecule has 2 N–H and O–H groups in total. The van der Waals surface area contributed by atoms with E-state index in [0.29, 0.717) is 6.04 Å². The number of thiophene rings is 1. The first-order valence-corrected chi connectivity index (χ1v) is 8.34. The molecule has 0 radical (unpaired) electrons. The maximum atomic E-state index is 13.2. The van der Waals surface area contributed by atoms with Crippen LogP contribution < -0.4 is 5.73 Å². The lowest BCUT2D eigenvalue weighted by atomic mass is 9.99. The van der Waals surface area contributed by atoms with Crippen LogP contribution >= 0.6 is 11.3 Å². The van der Waals surface area contributed by atoms with Gasteiger partial charge in [-0.15, -0.1) is 11.3 Å². The highest BCUT2D eigenvalue weighted by molar-refractivity contribution is 7.10. The highest BCUT2D eigenvalue weighted by Crippen LogP contribution is 2.33. The molecule has 2 atom stereocenters. The molecule has 112 valence electrons. The fraction of sp³-hybridized carbons (Fsp3) is 0.412. The number of halogens is 1. The van der Waals surface area contributed by atoms with Crippen LogP contribution in [0.4, 0.5) is 4.39 Å². The van der Waals surface area contributed by atoms with Crippen molar-refractivity contribution in [1.82, 2.24) is 4.90 Å². The second-order valence-corrected chi connectivity index (χ2v) is 6.71. The van der Waals surface area contributed by atoms with Crippen molar-refractivity contribution in [2.45, 2.75) is 31.8 Å². The Morgan fingerprint density at radius 1 is 1.43 bits per heavy atom. The van der Waals surface area contributed by atoms with Crippen molar-refractivity contribution in [3.63, 3.8) is 0 Å². The normalized spacial score (nSPS) is 20.2. The van der Waals surface area contributed by atoms with Gasteiger partial charge >= 0.3 is 0 Å². The SMILES string of the molecule is CC1c2ccsc2CCN1CCC(N)c1cccc(F)c1.